The number of nitrogens with zero attached hydrogens (tertiary/aromatic N) is 1. The zero-order valence-electron chi connectivity index (χ0n) is 16.3. The quantitative estimate of drug-likeness (QED) is 0.493. The van der Waals surface area contributed by atoms with Crippen LogP contribution in [0, 0.1) is 14.9 Å². The molecule has 5 rings (SSSR count). The van der Waals surface area contributed by atoms with Gasteiger partial charge in [0.25, 0.3) is 0 Å². The summed E-state index contributed by atoms with van der Waals surface area (Å²) in [4.78, 5) is 0. The van der Waals surface area contributed by atoms with E-state index in [9.17, 15) is 5.26 Å². The Kier molecular flexibility index (Phi) is 5.08. The summed E-state index contributed by atoms with van der Waals surface area (Å²) < 4.78 is 23.8. The lowest BCUT2D eigenvalue weighted by Gasteiger charge is -2.26. The molecule has 0 radical (unpaired) electrons. The molecule has 0 saturated carbocycles. The Hall–Kier alpha value is -3.38. The number of benzene rings is 3. The van der Waals surface area contributed by atoms with Gasteiger partial charge in [-0.05, 0) is 64.0 Å². The predicted molar refractivity (Wildman–Crippen MR) is 122 cm³/mol. The Morgan fingerprint density at radius 2 is 1.71 bits per heavy atom. The van der Waals surface area contributed by atoms with Crippen LogP contribution in [0.15, 0.2) is 72.1 Å². The van der Waals surface area contributed by atoms with Crippen LogP contribution in [0.3, 0.4) is 0 Å². The summed E-state index contributed by atoms with van der Waals surface area (Å²) in [5.41, 5.74) is 9.24. The van der Waals surface area contributed by atoms with Crippen molar-refractivity contribution in [1.82, 2.24) is 0 Å². The first-order valence-electron chi connectivity index (χ1n) is 9.60. The van der Waals surface area contributed by atoms with E-state index in [0.29, 0.717) is 29.4 Å². The van der Waals surface area contributed by atoms with E-state index in [2.05, 4.69) is 40.8 Å². The maximum absolute atomic E-state index is 9.75. The molecule has 6 nitrogen and oxygen atoms in total. The summed E-state index contributed by atoms with van der Waals surface area (Å²) in [7, 11) is 0. The molecule has 0 aliphatic carbocycles. The smallest absolute Gasteiger partial charge is 0.231 e. The molecular formula is C24H17IN2O4. The van der Waals surface area contributed by atoms with Gasteiger partial charge in [-0.3, -0.25) is 0 Å². The van der Waals surface area contributed by atoms with Crippen LogP contribution in [-0.2, 0) is 6.61 Å². The molecule has 0 spiro atoms. The van der Waals surface area contributed by atoms with Crippen molar-refractivity contribution >= 4 is 22.6 Å². The minimum absolute atomic E-state index is 0.0953. The number of hydrogen-bond acceptors (Lipinski definition) is 6. The van der Waals surface area contributed by atoms with Crippen LogP contribution in [-0.4, -0.2) is 6.79 Å². The van der Waals surface area contributed by atoms with E-state index < -0.39 is 0 Å². The highest BCUT2D eigenvalue weighted by Crippen LogP contribution is 2.47. The highest BCUT2D eigenvalue weighted by atomic mass is 127. The molecule has 2 aliphatic heterocycles. The molecule has 2 aliphatic rings. The number of halogens is 1. The molecule has 2 N–H and O–H groups in total. The van der Waals surface area contributed by atoms with Crippen molar-refractivity contribution < 1.29 is 18.9 Å². The van der Waals surface area contributed by atoms with Crippen LogP contribution in [0.5, 0.6) is 23.0 Å². The van der Waals surface area contributed by atoms with Gasteiger partial charge in [0.05, 0.1) is 5.92 Å². The molecular weight excluding hydrogens is 507 g/mol. The first-order chi connectivity index (χ1) is 15.1. The Morgan fingerprint density at radius 1 is 1.00 bits per heavy atom. The van der Waals surface area contributed by atoms with Crippen LogP contribution >= 0.6 is 22.6 Å². The fourth-order valence-corrected chi connectivity index (χ4v) is 4.05. The van der Waals surface area contributed by atoms with Gasteiger partial charge in [-0.25, -0.2) is 0 Å². The molecule has 0 unspecified atom stereocenters. The molecule has 0 amide bonds. The number of hydrogen-bond donors (Lipinski definition) is 1. The van der Waals surface area contributed by atoms with Crippen molar-refractivity contribution in [2.75, 3.05) is 6.79 Å². The first-order valence-corrected chi connectivity index (χ1v) is 10.7. The minimum Gasteiger partial charge on any atom is -0.489 e. The van der Waals surface area contributed by atoms with Crippen molar-refractivity contribution in [2.24, 2.45) is 5.73 Å². The van der Waals surface area contributed by atoms with Crippen LogP contribution in [0.1, 0.15) is 22.6 Å². The van der Waals surface area contributed by atoms with E-state index in [4.69, 9.17) is 24.7 Å². The monoisotopic (exact) mass is 524 g/mol. The van der Waals surface area contributed by atoms with Gasteiger partial charge < -0.3 is 24.7 Å². The van der Waals surface area contributed by atoms with E-state index in [1.807, 2.05) is 42.5 Å². The lowest BCUT2D eigenvalue weighted by Crippen LogP contribution is -2.21. The van der Waals surface area contributed by atoms with E-state index in [1.165, 1.54) is 3.57 Å². The van der Waals surface area contributed by atoms with Crippen LogP contribution in [0.25, 0.3) is 0 Å². The van der Waals surface area contributed by atoms with E-state index >= 15 is 0 Å². The van der Waals surface area contributed by atoms with Gasteiger partial charge in [0.2, 0.25) is 12.7 Å². The van der Waals surface area contributed by atoms with Gasteiger partial charge in [0, 0.05) is 15.2 Å². The highest BCUT2D eigenvalue weighted by Gasteiger charge is 2.33. The fraction of sp³-hybridized carbons (Fsp3) is 0.125. The molecule has 2 heterocycles. The molecule has 0 fully saturated rings. The number of nitrogens with two attached hydrogens (primary N) is 1. The molecule has 7 heteroatoms. The number of rotatable bonds is 4. The van der Waals surface area contributed by atoms with Gasteiger partial charge in [-0.1, -0.05) is 24.3 Å². The van der Waals surface area contributed by atoms with Gasteiger partial charge in [0.15, 0.2) is 11.5 Å². The standard InChI is InChI=1S/C24H17IN2O4/c25-16-5-1-14(2-6-16)12-28-17-7-3-15(4-8-17)23-18-9-21-22(30-13-29-21)10-20(18)31-24(27)19(23)11-26/h1-10,23H,12-13,27H2/t23-/m1/s1. The van der Waals surface area contributed by atoms with Gasteiger partial charge in [-0.15, -0.1) is 0 Å². The second-order valence-corrected chi connectivity index (χ2v) is 8.40. The van der Waals surface area contributed by atoms with Crippen LogP contribution in [0.4, 0.5) is 0 Å². The summed E-state index contributed by atoms with van der Waals surface area (Å²) in [6, 6.07) is 21.7. The minimum atomic E-state index is -0.367. The SMILES string of the molecule is N#CC1=C(N)Oc2cc3c(cc2[C@H]1c1ccc(OCc2ccc(I)cc2)cc1)OCO3. The van der Waals surface area contributed by atoms with E-state index in [0.717, 1.165) is 22.4 Å². The molecule has 3 aromatic rings. The zero-order chi connectivity index (χ0) is 21.4. The fourth-order valence-electron chi connectivity index (χ4n) is 3.69. The average molecular weight is 524 g/mol. The molecule has 3 aromatic carbocycles. The van der Waals surface area contributed by atoms with Crippen LogP contribution in [0.2, 0.25) is 0 Å². The zero-order valence-corrected chi connectivity index (χ0v) is 18.5. The van der Waals surface area contributed by atoms with Crippen LogP contribution < -0.4 is 24.7 Å². The van der Waals surface area contributed by atoms with Crippen molar-refractivity contribution in [2.45, 2.75) is 12.5 Å². The second-order valence-electron chi connectivity index (χ2n) is 7.15. The number of ether oxygens (including phenoxy) is 4. The van der Waals surface area contributed by atoms with E-state index in [-0.39, 0.29) is 18.6 Å². The number of allylic oxidation sites excluding steroid dienone is 1. The van der Waals surface area contributed by atoms with Crippen molar-refractivity contribution in [1.29, 1.82) is 5.26 Å². The molecule has 1 atom stereocenters. The third-order valence-corrected chi connectivity index (χ3v) is 5.96. The summed E-state index contributed by atoms with van der Waals surface area (Å²) in [6.45, 7) is 0.639. The lowest BCUT2D eigenvalue weighted by molar-refractivity contribution is 0.174. The molecule has 0 aromatic heterocycles. The summed E-state index contributed by atoms with van der Waals surface area (Å²) in [5, 5.41) is 9.75. The van der Waals surface area contributed by atoms with Crippen molar-refractivity contribution in [3.05, 3.63) is 92.4 Å². The lowest BCUT2D eigenvalue weighted by atomic mass is 9.83. The average Bonchev–Trinajstić information content (AvgIpc) is 3.24. The molecule has 31 heavy (non-hydrogen) atoms. The third kappa shape index (κ3) is 3.75. The maximum Gasteiger partial charge on any atom is 0.231 e. The Bertz CT molecular complexity index is 1210. The Labute approximate surface area is 192 Å². The van der Waals surface area contributed by atoms with Gasteiger partial charge in [0.1, 0.15) is 29.7 Å². The number of nitriles is 1. The van der Waals surface area contributed by atoms with Crippen molar-refractivity contribution in [3.63, 3.8) is 0 Å². The topological polar surface area (TPSA) is 86.7 Å². The molecule has 0 saturated heterocycles. The first kappa shape index (κ1) is 19.6. The van der Waals surface area contributed by atoms with Gasteiger partial charge >= 0.3 is 0 Å². The molecule has 0 bridgehead atoms. The number of fused-ring (bicyclic) bond motifs is 2. The Morgan fingerprint density at radius 3 is 2.42 bits per heavy atom. The molecule has 154 valence electrons. The maximum atomic E-state index is 9.75. The van der Waals surface area contributed by atoms with E-state index in [1.54, 1.807) is 6.07 Å². The van der Waals surface area contributed by atoms with Crippen molar-refractivity contribution in [3.8, 4) is 29.1 Å². The largest absolute Gasteiger partial charge is 0.489 e. The summed E-state index contributed by atoms with van der Waals surface area (Å²) >= 11 is 2.28. The third-order valence-electron chi connectivity index (χ3n) is 5.24. The normalized spacial score (nSPS) is 16.3. The van der Waals surface area contributed by atoms with Gasteiger partial charge in [-0.2, -0.15) is 5.26 Å². The Balaban J connectivity index is 1.43. The highest BCUT2D eigenvalue weighted by molar-refractivity contribution is 14.1. The second kappa shape index (κ2) is 8.04. The summed E-state index contributed by atoms with van der Waals surface area (Å²) in [6.07, 6.45) is 0. The summed E-state index contributed by atoms with van der Waals surface area (Å²) in [5.74, 6) is 2.26. The predicted octanol–water partition coefficient (Wildman–Crippen LogP) is 4.82.